The topological polar surface area (TPSA) is 137 Å². The van der Waals surface area contributed by atoms with Gasteiger partial charge < -0.3 is 29.6 Å². The van der Waals surface area contributed by atoms with Crippen LogP contribution in [-0.4, -0.2) is 69.8 Å². The second-order valence-corrected chi connectivity index (χ2v) is 7.79. The van der Waals surface area contributed by atoms with E-state index in [0.29, 0.717) is 41.3 Å². The van der Waals surface area contributed by atoms with Crippen molar-refractivity contribution in [2.75, 3.05) is 26.1 Å². The highest BCUT2D eigenvalue weighted by atomic mass is 19.1. The summed E-state index contributed by atoms with van der Waals surface area (Å²) in [5, 5.41) is 12.6. The van der Waals surface area contributed by atoms with Crippen molar-refractivity contribution in [3.05, 3.63) is 29.7 Å². The molecule has 3 aromatic rings. The van der Waals surface area contributed by atoms with Crippen LogP contribution in [0.3, 0.4) is 0 Å². The third kappa shape index (κ3) is 4.98. The van der Waals surface area contributed by atoms with Crippen molar-refractivity contribution < 1.29 is 28.1 Å². The molecule has 0 spiro atoms. The van der Waals surface area contributed by atoms with Crippen LogP contribution in [0.4, 0.5) is 21.0 Å². The molecule has 13 heteroatoms. The van der Waals surface area contributed by atoms with Gasteiger partial charge in [0, 0.05) is 31.5 Å². The van der Waals surface area contributed by atoms with E-state index in [1.165, 1.54) is 7.11 Å². The molecule has 3 aromatic heterocycles. The lowest BCUT2D eigenvalue weighted by molar-refractivity contribution is 0.0615. The van der Waals surface area contributed by atoms with Gasteiger partial charge in [-0.3, -0.25) is 9.50 Å². The van der Waals surface area contributed by atoms with Crippen LogP contribution < -0.4 is 15.4 Å². The van der Waals surface area contributed by atoms with Gasteiger partial charge in [-0.05, 0) is 13.8 Å². The van der Waals surface area contributed by atoms with Crippen LogP contribution in [0.1, 0.15) is 31.3 Å². The fraction of sp³-hybridized carbons (Fsp3) is 0.500. The molecule has 178 valence electrons. The van der Waals surface area contributed by atoms with Crippen molar-refractivity contribution in [1.82, 2.24) is 29.9 Å². The number of hydrogen-bond acceptors (Lipinski definition) is 9. The number of anilines is 2. The Kier molecular flexibility index (Phi) is 6.60. The van der Waals surface area contributed by atoms with E-state index in [-0.39, 0.29) is 12.6 Å². The number of halogens is 1. The summed E-state index contributed by atoms with van der Waals surface area (Å²) < 4.78 is 37.7. The molecule has 0 aliphatic carbocycles. The molecule has 33 heavy (non-hydrogen) atoms. The Morgan fingerprint density at radius 2 is 2.18 bits per heavy atom. The molecule has 1 aliphatic rings. The third-order valence-electron chi connectivity index (χ3n) is 4.87. The third-order valence-corrected chi connectivity index (χ3v) is 4.87. The lowest BCUT2D eigenvalue weighted by atomic mass is 10.1. The zero-order chi connectivity index (χ0) is 23.5. The zero-order valence-electron chi connectivity index (χ0n) is 18.7. The molecule has 3 atom stereocenters. The Morgan fingerprint density at radius 3 is 2.91 bits per heavy atom. The number of hydrogen-bond donors (Lipinski definition) is 3. The molecule has 3 N–H and O–H groups in total. The normalized spacial score (nSPS) is 20.4. The fourth-order valence-corrected chi connectivity index (χ4v) is 3.43. The molecule has 0 saturated carbocycles. The summed E-state index contributed by atoms with van der Waals surface area (Å²) in [7, 11) is 3.09. The minimum atomic E-state index is -1.55. The monoisotopic (exact) mass is 463 g/mol. The largest absolute Gasteiger partial charge is 0.481 e. The van der Waals surface area contributed by atoms with E-state index in [4.69, 9.17) is 18.9 Å². The van der Waals surface area contributed by atoms with Gasteiger partial charge in [0.1, 0.15) is 11.8 Å². The van der Waals surface area contributed by atoms with Crippen LogP contribution in [0, 0.1) is 0 Å². The Morgan fingerprint density at radius 1 is 1.36 bits per heavy atom. The number of carbonyl (C=O) groups excluding carboxylic acids is 1. The second-order valence-electron chi connectivity index (χ2n) is 7.79. The predicted molar refractivity (Wildman–Crippen MR) is 114 cm³/mol. The summed E-state index contributed by atoms with van der Waals surface area (Å²) in [5.74, 6) is 1.14. The molecule has 4 rings (SSSR count). The van der Waals surface area contributed by atoms with Gasteiger partial charge >= 0.3 is 6.09 Å². The number of aromatic nitrogens is 5. The number of methoxy groups -OCH3 is 2. The minimum absolute atomic E-state index is 0.0610. The molecular formula is C20H26FN7O5. The number of nitrogens with zero attached hydrogens (tertiary/aromatic N) is 4. The molecule has 0 unspecified atom stereocenters. The van der Waals surface area contributed by atoms with Gasteiger partial charge in [-0.2, -0.15) is 10.1 Å². The number of carbonyl (C=O) groups is 1. The van der Waals surface area contributed by atoms with E-state index in [9.17, 15) is 9.18 Å². The Labute approximate surface area is 188 Å². The summed E-state index contributed by atoms with van der Waals surface area (Å²) >= 11 is 0. The maximum absolute atomic E-state index is 14.9. The van der Waals surface area contributed by atoms with Gasteiger partial charge in [-0.25, -0.2) is 14.2 Å². The van der Waals surface area contributed by atoms with Crippen LogP contribution in [0.25, 0.3) is 5.65 Å². The molecule has 1 saturated heterocycles. The maximum atomic E-state index is 14.9. The van der Waals surface area contributed by atoms with Crippen LogP contribution in [0.5, 0.6) is 5.88 Å². The number of H-pyrrole nitrogens is 1. The molecule has 12 nitrogen and oxygen atoms in total. The van der Waals surface area contributed by atoms with E-state index in [0.717, 1.165) is 0 Å². The minimum Gasteiger partial charge on any atom is -0.481 e. The van der Waals surface area contributed by atoms with Crippen molar-refractivity contribution >= 4 is 23.5 Å². The van der Waals surface area contributed by atoms with Crippen LogP contribution in [0.2, 0.25) is 0 Å². The lowest BCUT2D eigenvalue weighted by Gasteiger charge is -2.16. The first kappa shape index (κ1) is 22.7. The first-order valence-corrected chi connectivity index (χ1v) is 10.3. The van der Waals surface area contributed by atoms with Crippen LogP contribution in [-0.2, 0) is 20.8 Å². The molecular weight excluding hydrogens is 437 g/mol. The number of rotatable bonds is 8. The SMILES string of the molecule is COCc1cn2c(Nc3cc([C@@H]4OC[C@H](OC(=O)NC(C)C)[C@@H]4F)[nH]n3)nc(OC)cc2n1. The molecule has 0 aromatic carbocycles. The average molecular weight is 463 g/mol. The molecule has 1 amide bonds. The first-order chi connectivity index (χ1) is 15.9. The van der Waals surface area contributed by atoms with Gasteiger partial charge in [0.05, 0.1) is 31.7 Å². The summed E-state index contributed by atoms with van der Waals surface area (Å²) in [6, 6.07) is 3.18. The quantitative estimate of drug-likeness (QED) is 0.459. The predicted octanol–water partition coefficient (Wildman–Crippen LogP) is 2.26. The Bertz CT molecular complexity index is 1120. The summed E-state index contributed by atoms with van der Waals surface area (Å²) in [5.41, 5.74) is 1.71. The van der Waals surface area contributed by atoms with E-state index >= 15 is 0 Å². The average Bonchev–Trinajstić information content (AvgIpc) is 3.47. The summed E-state index contributed by atoms with van der Waals surface area (Å²) in [4.78, 5) is 20.7. The fourth-order valence-electron chi connectivity index (χ4n) is 3.43. The van der Waals surface area contributed by atoms with Crippen molar-refractivity contribution in [1.29, 1.82) is 0 Å². The Balaban J connectivity index is 1.49. The Hall–Kier alpha value is -3.45. The standard InChI is InChI=1S/C20H26FN7O5/c1-10(2)22-20(29)33-13-9-32-18(17(13)21)12-5-14(27-26-12)24-19-25-16(31-4)6-15-23-11(8-30-3)7-28(15)19/h5-7,10,13,17-18H,8-9H2,1-4H3,(H,22,29)(H2,24,25,26,27)/t13-,17-,18-/m0/s1. The smallest absolute Gasteiger partial charge is 0.407 e. The molecule has 0 bridgehead atoms. The molecule has 1 aliphatic heterocycles. The van der Waals surface area contributed by atoms with Gasteiger partial charge in [0.15, 0.2) is 18.1 Å². The number of amides is 1. The van der Waals surface area contributed by atoms with Crippen molar-refractivity contribution in [2.24, 2.45) is 0 Å². The van der Waals surface area contributed by atoms with Crippen LogP contribution >= 0.6 is 0 Å². The number of ether oxygens (including phenoxy) is 4. The number of aromatic amines is 1. The summed E-state index contributed by atoms with van der Waals surface area (Å²) in [6.07, 6.45) is -2.43. The highest BCUT2D eigenvalue weighted by Crippen LogP contribution is 2.33. The van der Waals surface area contributed by atoms with Crippen molar-refractivity contribution in [3.8, 4) is 5.88 Å². The lowest BCUT2D eigenvalue weighted by Crippen LogP contribution is -2.36. The number of fused-ring (bicyclic) bond motifs is 1. The van der Waals surface area contributed by atoms with Gasteiger partial charge in [-0.1, -0.05) is 0 Å². The van der Waals surface area contributed by atoms with E-state index in [1.807, 2.05) is 0 Å². The number of alkyl carbamates (subject to hydrolysis) is 1. The van der Waals surface area contributed by atoms with E-state index in [2.05, 4.69) is 30.8 Å². The van der Waals surface area contributed by atoms with Gasteiger partial charge in [0.2, 0.25) is 11.8 Å². The maximum Gasteiger partial charge on any atom is 0.407 e. The highest BCUT2D eigenvalue weighted by Gasteiger charge is 2.42. The van der Waals surface area contributed by atoms with E-state index < -0.39 is 24.5 Å². The number of alkyl halides is 1. The molecule has 0 radical (unpaired) electrons. The molecule has 4 heterocycles. The van der Waals surface area contributed by atoms with E-state index in [1.54, 1.807) is 43.7 Å². The van der Waals surface area contributed by atoms with Gasteiger partial charge in [0.25, 0.3) is 0 Å². The zero-order valence-corrected chi connectivity index (χ0v) is 18.7. The summed E-state index contributed by atoms with van der Waals surface area (Å²) in [6.45, 7) is 3.85. The molecule has 1 fully saturated rings. The van der Waals surface area contributed by atoms with Crippen molar-refractivity contribution in [3.63, 3.8) is 0 Å². The van der Waals surface area contributed by atoms with Gasteiger partial charge in [-0.15, -0.1) is 0 Å². The number of imidazole rings is 1. The van der Waals surface area contributed by atoms with Crippen LogP contribution in [0.15, 0.2) is 18.3 Å². The van der Waals surface area contributed by atoms with Crippen molar-refractivity contribution in [2.45, 2.75) is 44.9 Å². The first-order valence-electron chi connectivity index (χ1n) is 10.3. The highest BCUT2D eigenvalue weighted by molar-refractivity contribution is 5.67. The second kappa shape index (κ2) is 9.58. The number of nitrogens with one attached hydrogen (secondary N) is 3.